The van der Waals surface area contributed by atoms with Crippen LogP contribution < -0.4 is 25.4 Å². The highest BCUT2D eigenvalue weighted by Crippen LogP contribution is 2.46. The van der Waals surface area contributed by atoms with Crippen molar-refractivity contribution < 1.29 is 37.1 Å². The Bertz CT molecular complexity index is 2450. The van der Waals surface area contributed by atoms with E-state index in [1.165, 1.54) is 28.3 Å². The van der Waals surface area contributed by atoms with E-state index in [0.717, 1.165) is 6.42 Å². The molecule has 6 atom stereocenters. The number of nitrogens with zero attached hydrogens (tertiary/aromatic N) is 7. The van der Waals surface area contributed by atoms with E-state index in [1.807, 2.05) is 12.2 Å². The lowest BCUT2D eigenvalue weighted by Crippen LogP contribution is -2.58. The second-order valence-electron chi connectivity index (χ2n) is 16.0. The van der Waals surface area contributed by atoms with Crippen LogP contribution in [0.4, 0.5) is 0 Å². The predicted molar refractivity (Wildman–Crippen MR) is 221 cm³/mol. The number of aromatic nitrogens is 6. The van der Waals surface area contributed by atoms with Gasteiger partial charge in [-0.15, -0.1) is 10.2 Å². The molecule has 1 unspecified atom stereocenters. The Kier molecular flexibility index (Phi) is 12.1. The zero-order valence-corrected chi connectivity index (χ0v) is 34.7. The topological polar surface area (TPSA) is 249 Å². The minimum absolute atomic E-state index is 0.00996. The summed E-state index contributed by atoms with van der Waals surface area (Å²) >= 11 is 0. The number of rotatable bonds is 11. The average Bonchev–Trinajstić information content (AvgIpc) is 4.16. The fourth-order valence-electron chi connectivity index (χ4n) is 8.00. The van der Waals surface area contributed by atoms with Gasteiger partial charge in [-0.2, -0.15) is 4.80 Å². The number of carbonyl (C=O) groups is 5. The van der Waals surface area contributed by atoms with E-state index in [4.69, 9.17) is 4.74 Å². The lowest BCUT2D eigenvalue weighted by atomic mass is 10.0. The van der Waals surface area contributed by atoms with Crippen molar-refractivity contribution in [2.24, 2.45) is 5.92 Å². The molecule has 8 rings (SSSR count). The van der Waals surface area contributed by atoms with Crippen LogP contribution in [0.3, 0.4) is 0 Å². The summed E-state index contributed by atoms with van der Waals surface area (Å²) in [5.41, 5.74) is -0.465. The number of sulfonamides is 1. The van der Waals surface area contributed by atoms with Crippen molar-refractivity contribution in [2.75, 3.05) is 13.7 Å². The molecule has 4 N–H and O–H groups in total. The van der Waals surface area contributed by atoms with Crippen molar-refractivity contribution in [3.05, 3.63) is 96.6 Å². The van der Waals surface area contributed by atoms with Gasteiger partial charge in [-0.05, 0) is 73.6 Å². The molecule has 20 heteroatoms. The van der Waals surface area contributed by atoms with Crippen molar-refractivity contribution in [2.45, 2.75) is 92.7 Å². The summed E-state index contributed by atoms with van der Waals surface area (Å²) in [5.74, 6) is -2.93. The van der Waals surface area contributed by atoms with E-state index in [-0.39, 0.29) is 31.5 Å². The number of amides is 5. The molecule has 2 aliphatic carbocycles. The summed E-state index contributed by atoms with van der Waals surface area (Å²) in [4.78, 5) is 81.8. The highest BCUT2D eigenvalue weighted by atomic mass is 32.2. The van der Waals surface area contributed by atoms with Crippen molar-refractivity contribution in [3.63, 3.8) is 0 Å². The van der Waals surface area contributed by atoms with Crippen molar-refractivity contribution >= 4 is 39.6 Å². The van der Waals surface area contributed by atoms with Gasteiger partial charge < -0.3 is 25.6 Å². The highest BCUT2D eigenvalue weighted by molar-refractivity contribution is 7.91. The molecule has 4 aromatic rings. The smallest absolute Gasteiger partial charge is 0.272 e. The van der Waals surface area contributed by atoms with Crippen LogP contribution in [-0.4, -0.2) is 110 Å². The Morgan fingerprint density at radius 3 is 2.50 bits per heavy atom. The van der Waals surface area contributed by atoms with Crippen LogP contribution in [-0.2, 0) is 29.2 Å². The van der Waals surface area contributed by atoms with E-state index in [9.17, 15) is 32.4 Å². The molecule has 2 aromatic heterocycles. The van der Waals surface area contributed by atoms with Crippen LogP contribution in [0.2, 0.25) is 0 Å². The average molecular weight is 866 g/mol. The molecule has 0 bridgehead atoms. The van der Waals surface area contributed by atoms with E-state index in [1.54, 1.807) is 61.7 Å². The van der Waals surface area contributed by atoms with E-state index in [0.29, 0.717) is 54.8 Å². The third kappa shape index (κ3) is 9.19. The molecule has 62 heavy (non-hydrogen) atoms. The molecule has 0 spiro atoms. The molecule has 4 aliphatic rings. The Labute approximate surface area is 357 Å². The molecule has 5 amide bonds. The maximum absolute atomic E-state index is 15.0. The lowest BCUT2D eigenvalue weighted by Gasteiger charge is -2.31. The predicted octanol–water partition coefficient (Wildman–Crippen LogP) is 1.94. The second-order valence-corrected chi connectivity index (χ2v) is 18.0. The molecule has 324 valence electrons. The van der Waals surface area contributed by atoms with Crippen LogP contribution >= 0.6 is 0 Å². The molecular weight excluding hydrogens is 819 g/mol. The molecule has 2 aromatic carbocycles. The van der Waals surface area contributed by atoms with Gasteiger partial charge in [0.1, 0.15) is 35.1 Å². The SMILES string of the molecule is COc1ccc(-c2nnn([C@@H]3C[C@H]4C(=O)N[C@]5(C(=O)NS(=O)(=O)C6CC6)CC5/C=C/CCCCC[C@H](NC(=O)[C@@H](NC(=O)c5cnccn5)c5ccccc5)C(=O)N4C3)n2)cc1. The van der Waals surface area contributed by atoms with Crippen LogP contribution in [0.15, 0.2) is 85.3 Å². The summed E-state index contributed by atoms with van der Waals surface area (Å²) < 4.78 is 33.4. The van der Waals surface area contributed by atoms with Gasteiger partial charge in [0.05, 0.1) is 24.6 Å². The fraction of sp³-hybridized carbons (Fsp3) is 0.429. The molecule has 3 fully saturated rings. The third-order valence-corrected chi connectivity index (χ3v) is 13.6. The summed E-state index contributed by atoms with van der Waals surface area (Å²) in [5, 5.41) is 21.0. The van der Waals surface area contributed by atoms with E-state index < -0.39 is 80.4 Å². The number of hydrogen-bond donors (Lipinski definition) is 4. The van der Waals surface area contributed by atoms with Gasteiger partial charge in [0.25, 0.3) is 11.8 Å². The number of methoxy groups -OCH3 is 1. The largest absolute Gasteiger partial charge is 0.497 e. The Morgan fingerprint density at radius 2 is 1.77 bits per heavy atom. The molecular formula is C42H47N11O8S. The second kappa shape index (κ2) is 17.8. The van der Waals surface area contributed by atoms with Gasteiger partial charge in [0.2, 0.25) is 33.6 Å². The summed E-state index contributed by atoms with van der Waals surface area (Å²) in [6.07, 6.45) is 11.7. The normalized spacial score (nSPS) is 25.1. The monoisotopic (exact) mass is 865 g/mol. The maximum atomic E-state index is 15.0. The van der Waals surface area contributed by atoms with E-state index in [2.05, 4.69) is 46.1 Å². The first-order valence-electron chi connectivity index (χ1n) is 20.7. The Balaban J connectivity index is 1.10. The molecule has 0 radical (unpaired) electrons. The van der Waals surface area contributed by atoms with Crippen LogP contribution in [0.5, 0.6) is 5.75 Å². The number of ether oxygens (including phenoxy) is 1. The highest BCUT2D eigenvalue weighted by Gasteiger charge is 2.62. The van der Waals surface area contributed by atoms with Gasteiger partial charge in [-0.25, -0.2) is 13.4 Å². The molecule has 4 heterocycles. The first kappa shape index (κ1) is 42.1. The standard InChI is InChI=1S/C42H47N11O8S/c1-61-30-16-14-27(15-17-30)36-48-51-53(49-36)29-22-34-38(55)47-42(41(58)50-62(59,60)31-18-19-31)23-28(42)12-8-3-2-4-9-13-32(40(57)52(34)25-29)45-39(56)35(26-10-6-5-7-11-26)46-37(54)33-24-43-20-21-44-33/h5-8,10-12,14-17,20-21,24,28-29,31-32,34-35H,2-4,9,13,18-19,22-23,25H2,1H3,(H,45,56)(H,46,54)(H,47,55)(H,50,58)/b12-8+/t28?,29-,32+,34+,35+,42-/m1/s1. The number of fused-ring (bicyclic) bond motifs is 2. The number of carbonyl (C=O) groups excluding carboxylic acids is 5. The number of benzene rings is 2. The van der Waals surface area contributed by atoms with Crippen LogP contribution in [0.1, 0.15) is 85.9 Å². The molecule has 19 nitrogen and oxygen atoms in total. The van der Waals surface area contributed by atoms with Gasteiger partial charge >= 0.3 is 0 Å². The molecule has 2 aliphatic heterocycles. The van der Waals surface area contributed by atoms with Crippen LogP contribution in [0.25, 0.3) is 11.4 Å². The summed E-state index contributed by atoms with van der Waals surface area (Å²) in [6.45, 7) is -0.0637. The number of allylic oxidation sites excluding steroid dienone is 1. The van der Waals surface area contributed by atoms with Gasteiger partial charge in [-0.1, -0.05) is 55.3 Å². The summed E-state index contributed by atoms with van der Waals surface area (Å²) in [6, 6.07) is 11.4. The fourth-order valence-corrected chi connectivity index (χ4v) is 9.37. The Hall–Kier alpha value is -6.57. The summed E-state index contributed by atoms with van der Waals surface area (Å²) in [7, 11) is -2.39. The van der Waals surface area contributed by atoms with Gasteiger partial charge in [-0.3, -0.25) is 33.7 Å². The first-order valence-corrected chi connectivity index (χ1v) is 22.2. The van der Waals surface area contributed by atoms with Crippen LogP contribution in [0, 0.1) is 5.92 Å². The minimum Gasteiger partial charge on any atom is -0.497 e. The molecule has 2 saturated carbocycles. The number of nitrogens with one attached hydrogen (secondary N) is 4. The minimum atomic E-state index is -3.94. The van der Waals surface area contributed by atoms with Crippen molar-refractivity contribution in [1.82, 2.24) is 55.7 Å². The third-order valence-electron chi connectivity index (χ3n) is 11.7. The quantitative estimate of drug-likeness (QED) is 0.158. The van der Waals surface area contributed by atoms with Crippen molar-refractivity contribution in [3.8, 4) is 17.1 Å². The zero-order chi connectivity index (χ0) is 43.4. The number of tetrazole rings is 1. The zero-order valence-electron chi connectivity index (χ0n) is 33.9. The molecule has 1 saturated heterocycles. The maximum Gasteiger partial charge on any atom is 0.272 e. The lowest BCUT2D eigenvalue weighted by molar-refractivity contribution is -0.142. The van der Waals surface area contributed by atoms with E-state index >= 15 is 0 Å². The Morgan fingerprint density at radius 1 is 0.984 bits per heavy atom. The van der Waals surface area contributed by atoms with Crippen molar-refractivity contribution in [1.29, 1.82) is 0 Å². The first-order chi connectivity index (χ1) is 30.0. The number of hydrogen-bond acceptors (Lipinski definition) is 13. The van der Waals surface area contributed by atoms with Gasteiger partial charge in [0.15, 0.2) is 0 Å². The van der Waals surface area contributed by atoms with Gasteiger partial charge in [0, 0.05) is 36.8 Å².